The standard InChI is InChI=1S/C13H16Cl2N4O2/c14-11-7-10(12(15)17-16-11)13(20)19-2-1-9(8-19)18-3-5-21-6-4-18/h7,9H,1-6,8H2. The molecule has 0 radical (unpaired) electrons. The van der Waals surface area contributed by atoms with Crippen LogP contribution >= 0.6 is 23.2 Å². The van der Waals surface area contributed by atoms with Gasteiger partial charge in [0.2, 0.25) is 0 Å². The lowest BCUT2D eigenvalue weighted by atomic mass is 10.2. The molecule has 3 heterocycles. The van der Waals surface area contributed by atoms with Gasteiger partial charge in [0.25, 0.3) is 5.91 Å². The van der Waals surface area contributed by atoms with Gasteiger partial charge in [-0.05, 0) is 12.5 Å². The highest BCUT2D eigenvalue weighted by Crippen LogP contribution is 2.22. The Morgan fingerprint density at radius 1 is 1.24 bits per heavy atom. The number of carbonyl (C=O) groups is 1. The van der Waals surface area contributed by atoms with Gasteiger partial charge in [-0.2, -0.15) is 0 Å². The van der Waals surface area contributed by atoms with Gasteiger partial charge in [-0.3, -0.25) is 9.69 Å². The van der Waals surface area contributed by atoms with Crippen molar-refractivity contribution in [2.45, 2.75) is 12.5 Å². The number of nitrogens with zero attached hydrogens (tertiary/aromatic N) is 4. The van der Waals surface area contributed by atoms with E-state index in [0.717, 1.165) is 39.3 Å². The van der Waals surface area contributed by atoms with Crippen LogP contribution in [0, 0.1) is 0 Å². The summed E-state index contributed by atoms with van der Waals surface area (Å²) in [4.78, 5) is 16.7. The maximum atomic E-state index is 12.5. The molecule has 114 valence electrons. The summed E-state index contributed by atoms with van der Waals surface area (Å²) in [5.74, 6) is -0.132. The van der Waals surface area contributed by atoms with Gasteiger partial charge in [-0.15, -0.1) is 10.2 Å². The normalized spacial score (nSPS) is 23.5. The number of morpholine rings is 1. The van der Waals surface area contributed by atoms with E-state index in [4.69, 9.17) is 27.9 Å². The highest BCUT2D eigenvalue weighted by molar-refractivity contribution is 6.34. The summed E-state index contributed by atoms with van der Waals surface area (Å²) >= 11 is 11.7. The SMILES string of the molecule is O=C(c1cc(Cl)nnc1Cl)N1CCC(N2CCOCC2)C1. The molecule has 2 aliphatic heterocycles. The minimum atomic E-state index is -0.132. The molecule has 0 N–H and O–H groups in total. The molecule has 0 spiro atoms. The van der Waals surface area contributed by atoms with E-state index in [1.165, 1.54) is 6.07 Å². The molecule has 0 bridgehead atoms. The Kier molecular flexibility index (Phi) is 4.59. The Balaban J connectivity index is 1.67. The number of likely N-dealkylation sites (tertiary alicyclic amines) is 1. The molecule has 1 aromatic heterocycles. The average Bonchev–Trinajstić information content (AvgIpc) is 3.00. The number of hydrogen-bond acceptors (Lipinski definition) is 5. The molecule has 1 amide bonds. The second-order valence-electron chi connectivity index (χ2n) is 5.21. The summed E-state index contributed by atoms with van der Waals surface area (Å²) < 4.78 is 5.36. The third-order valence-corrected chi connectivity index (χ3v) is 4.43. The van der Waals surface area contributed by atoms with E-state index >= 15 is 0 Å². The van der Waals surface area contributed by atoms with E-state index in [0.29, 0.717) is 18.2 Å². The second-order valence-corrected chi connectivity index (χ2v) is 5.96. The predicted octanol–water partition coefficient (Wildman–Crippen LogP) is 1.33. The van der Waals surface area contributed by atoms with Crippen LogP contribution in [0.2, 0.25) is 10.3 Å². The van der Waals surface area contributed by atoms with Crippen LogP contribution in [-0.2, 0) is 4.74 Å². The summed E-state index contributed by atoms with van der Waals surface area (Å²) in [5, 5.41) is 7.59. The van der Waals surface area contributed by atoms with Gasteiger partial charge in [0.05, 0.1) is 18.8 Å². The van der Waals surface area contributed by atoms with Gasteiger partial charge < -0.3 is 9.64 Å². The van der Waals surface area contributed by atoms with Crippen LogP contribution in [0.3, 0.4) is 0 Å². The molecule has 6 nitrogen and oxygen atoms in total. The van der Waals surface area contributed by atoms with Crippen molar-refractivity contribution in [3.63, 3.8) is 0 Å². The Morgan fingerprint density at radius 3 is 2.76 bits per heavy atom. The Bertz CT molecular complexity index is 537. The lowest BCUT2D eigenvalue weighted by molar-refractivity contribution is 0.0185. The molecular weight excluding hydrogens is 315 g/mol. The van der Waals surface area contributed by atoms with E-state index in [-0.39, 0.29) is 16.2 Å². The summed E-state index contributed by atoms with van der Waals surface area (Å²) in [6.45, 7) is 4.80. The number of hydrogen-bond donors (Lipinski definition) is 0. The molecule has 21 heavy (non-hydrogen) atoms. The lowest BCUT2D eigenvalue weighted by Crippen LogP contribution is -2.45. The van der Waals surface area contributed by atoms with E-state index < -0.39 is 0 Å². The lowest BCUT2D eigenvalue weighted by Gasteiger charge is -2.32. The number of halogens is 2. The number of ether oxygens (including phenoxy) is 1. The highest BCUT2D eigenvalue weighted by Gasteiger charge is 2.32. The van der Waals surface area contributed by atoms with Gasteiger partial charge in [-0.1, -0.05) is 23.2 Å². The molecule has 1 unspecified atom stereocenters. The van der Waals surface area contributed by atoms with Crippen molar-refractivity contribution in [2.24, 2.45) is 0 Å². The van der Waals surface area contributed by atoms with Gasteiger partial charge >= 0.3 is 0 Å². The topological polar surface area (TPSA) is 58.6 Å². The van der Waals surface area contributed by atoms with Crippen molar-refractivity contribution < 1.29 is 9.53 Å². The monoisotopic (exact) mass is 330 g/mol. The van der Waals surface area contributed by atoms with Crippen LogP contribution in [-0.4, -0.2) is 71.3 Å². The molecule has 2 saturated heterocycles. The summed E-state index contributed by atoms with van der Waals surface area (Å²) in [7, 11) is 0. The molecule has 0 aliphatic carbocycles. The van der Waals surface area contributed by atoms with E-state index in [1.54, 1.807) is 4.90 Å². The third kappa shape index (κ3) is 3.29. The number of carbonyl (C=O) groups excluding carboxylic acids is 1. The summed E-state index contributed by atoms with van der Waals surface area (Å²) in [6.07, 6.45) is 0.968. The molecule has 3 rings (SSSR count). The zero-order valence-electron chi connectivity index (χ0n) is 11.5. The quantitative estimate of drug-likeness (QED) is 0.818. The van der Waals surface area contributed by atoms with Crippen molar-refractivity contribution in [2.75, 3.05) is 39.4 Å². The minimum Gasteiger partial charge on any atom is -0.379 e. The highest BCUT2D eigenvalue weighted by atomic mass is 35.5. The third-order valence-electron chi connectivity index (χ3n) is 3.96. The first-order chi connectivity index (χ1) is 10.1. The minimum absolute atomic E-state index is 0.0965. The Labute approximate surface area is 133 Å². The maximum Gasteiger partial charge on any atom is 0.257 e. The number of amides is 1. The first kappa shape index (κ1) is 15.0. The van der Waals surface area contributed by atoms with Crippen molar-refractivity contribution in [3.8, 4) is 0 Å². The van der Waals surface area contributed by atoms with Crippen LogP contribution in [0.25, 0.3) is 0 Å². The zero-order chi connectivity index (χ0) is 14.8. The molecule has 8 heteroatoms. The van der Waals surface area contributed by atoms with Crippen molar-refractivity contribution in [3.05, 3.63) is 21.9 Å². The predicted molar refractivity (Wildman–Crippen MR) is 78.8 cm³/mol. The van der Waals surface area contributed by atoms with Gasteiger partial charge in [0.1, 0.15) is 0 Å². The van der Waals surface area contributed by atoms with Crippen LogP contribution in [0.15, 0.2) is 6.07 Å². The fourth-order valence-electron chi connectivity index (χ4n) is 2.84. The Morgan fingerprint density at radius 2 is 2.00 bits per heavy atom. The van der Waals surface area contributed by atoms with Gasteiger partial charge in [-0.25, -0.2) is 0 Å². The van der Waals surface area contributed by atoms with Gasteiger partial charge in [0.15, 0.2) is 10.3 Å². The fourth-order valence-corrected chi connectivity index (χ4v) is 3.16. The molecule has 0 aromatic carbocycles. The van der Waals surface area contributed by atoms with Crippen molar-refractivity contribution >= 4 is 29.1 Å². The zero-order valence-corrected chi connectivity index (χ0v) is 13.0. The number of rotatable bonds is 2. The van der Waals surface area contributed by atoms with Crippen LogP contribution in [0.1, 0.15) is 16.8 Å². The van der Waals surface area contributed by atoms with Gasteiger partial charge in [0, 0.05) is 32.2 Å². The molecule has 2 aliphatic rings. The first-order valence-electron chi connectivity index (χ1n) is 6.95. The summed E-state index contributed by atoms with van der Waals surface area (Å²) in [6, 6.07) is 1.86. The number of aromatic nitrogens is 2. The van der Waals surface area contributed by atoms with Crippen LogP contribution in [0.5, 0.6) is 0 Å². The molecule has 0 saturated carbocycles. The molecule has 2 fully saturated rings. The average molecular weight is 331 g/mol. The largest absolute Gasteiger partial charge is 0.379 e. The summed E-state index contributed by atoms with van der Waals surface area (Å²) in [5.41, 5.74) is 0.319. The molecular formula is C13H16Cl2N4O2. The van der Waals surface area contributed by atoms with Crippen molar-refractivity contribution in [1.29, 1.82) is 0 Å². The van der Waals surface area contributed by atoms with E-state index in [9.17, 15) is 4.79 Å². The smallest absolute Gasteiger partial charge is 0.257 e. The van der Waals surface area contributed by atoms with E-state index in [2.05, 4.69) is 15.1 Å². The van der Waals surface area contributed by atoms with E-state index in [1.807, 2.05) is 0 Å². The maximum absolute atomic E-state index is 12.5. The second kappa shape index (κ2) is 6.44. The first-order valence-corrected chi connectivity index (χ1v) is 7.70. The van der Waals surface area contributed by atoms with Crippen LogP contribution < -0.4 is 0 Å². The van der Waals surface area contributed by atoms with Crippen LogP contribution in [0.4, 0.5) is 0 Å². The molecule has 1 atom stereocenters. The molecule has 1 aromatic rings. The van der Waals surface area contributed by atoms with Crippen molar-refractivity contribution in [1.82, 2.24) is 20.0 Å². The fraction of sp³-hybridized carbons (Fsp3) is 0.615. The Hall–Kier alpha value is -0.950.